The van der Waals surface area contributed by atoms with Crippen molar-refractivity contribution in [3.8, 4) is 0 Å². The lowest BCUT2D eigenvalue weighted by molar-refractivity contribution is 1.01. The first kappa shape index (κ1) is 20.7. The zero-order chi connectivity index (χ0) is 24.2. The van der Waals surface area contributed by atoms with E-state index >= 15 is 0 Å². The second-order valence-corrected chi connectivity index (χ2v) is 9.24. The van der Waals surface area contributed by atoms with Crippen LogP contribution in [-0.4, -0.2) is 19.1 Å². The number of hydrogen-bond acceptors (Lipinski definition) is 2. The van der Waals surface area contributed by atoms with E-state index in [4.69, 9.17) is 4.98 Å². The van der Waals surface area contributed by atoms with Crippen molar-refractivity contribution in [2.45, 2.75) is 0 Å². The summed E-state index contributed by atoms with van der Waals surface area (Å²) in [5, 5.41) is 6.13. The number of rotatable bonds is 0. The molecule has 0 aliphatic carbocycles. The van der Waals surface area contributed by atoms with E-state index in [-0.39, 0.29) is 0 Å². The molecule has 4 heterocycles. The summed E-state index contributed by atoms with van der Waals surface area (Å²) < 4.78 is 4.47. The first-order valence-corrected chi connectivity index (χ1v) is 12.1. The van der Waals surface area contributed by atoms with Crippen molar-refractivity contribution in [1.82, 2.24) is 19.1 Å². The van der Waals surface area contributed by atoms with Gasteiger partial charge >= 0.3 is 0 Å². The monoisotopic (exact) mass is 464 g/mol. The molecule has 4 aromatic heterocycles. The second-order valence-electron chi connectivity index (χ2n) is 9.24. The molecule has 36 heavy (non-hydrogen) atoms. The molecule has 0 unspecified atom stereocenters. The number of aromatic nitrogens is 4. The van der Waals surface area contributed by atoms with Gasteiger partial charge in [-0.05, 0) is 30.3 Å². The summed E-state index contributed by atoms with van der Waals surface area (Å²) in [6, 6.07) is 35.7. The SMILES string of the molecule is Cn1c2ccccc2c2cnc3ccccc3c21.Cn1c2ccccc2c2nc3ccccc3cc21. The Bertz CT molecular complexity index is 2060. The molecule has 0 aliphatic heterocycles. The van der Waals surface area contributed by atoms with Crippen LogP contribution in [0.2, 0.25) is 0 Å². The zero-order valence-electron chi connectivity index (χ0n) is 20.2. The molecule has 172 valence electrons. The summed E-state index contributed by atoms with van der Waals surface area (Å²) in [6.07, 6.45) is 1.99. The lowest BCUT2D eigenvalue weighted by Crippen LogP contribution is -1.88. The van der Waals surface area contributed by atoms with Gasteiger partial charge in [0, 0.05) is 52.7 Å². The molecular formula is C32H24N4. The van der Waals surface area contributed by atoms with Crippen molar-refractivity contribution in [3.05, 3.63) is 109 Å². The quantitative estimate of drug-likeness (QED) is 0.230. The van der Waals surface area contributed by atoms with E-state index in [1.807, 2.05) is 18.3 Å². The topological polar surface area (TPSA) is 35.6 Å². The van der Waals surface area contributed by atoms with E-state index < -0.39 is 0 Å². The van der Waals surface area contributed by atoms with Gasteiger partial charge in [-0.15, -0.1) is 0 Å². The summed E-state index contributed by atoms with van der Waals surface area (Å²) in [5.74, 6) is 0. The maximum Gasteiger partial charge on any atom is 0.0967 e. The Morgan fingerprint density at radius 1 is 0.528 bits per heavy atom. The molecule has 0 atom stereocenters. The van der Waals surface area contributed by atoms with Crippen molar-refractivity contribution in [2.24, 2.45) is 14.1 Å². The van der Waals surface area contributed by atoms with Gasteiger partial charge in [0.05, 0.1) is 33.1 Å². The molecule has 0 aliphatic rings. The Morgan fingerprint density at radius 2 is 1.14 bits per heavy atom. The minimum absolute atomic E-state index is 1.05. The predicted molar refractivity (Wildman–Crippen MR) is 151 cm³/mol. The van der Waals surface area contributed by atoms with Gasteiger partial charge < -0.3 is 9.13 Å². The van der Waals surface area contributed by atoms with Gasteiger partial charge in [0.2, 0.25) is 0 Å². The van der Waals surface area contributed by atoms with Crippen LogP contribution in [0.1, 0.15) is 0 Å². The highest BCUT2D eigenvalue weighted by Crippen LogP contribution is 2.32. The normalized spacial score (nSPS) is 11.6. The number of para-hydroxylation sites is 4. The van der Waals surface area contributed by atoms with Crippen LogP contribution in [0.25, 0.3) is 65.5 Å². The smallest absolute Gasteiger partial charge is 0.0967 e. The Kier molecular flexibility index (Phi) is 4.55. The van der Waals surface area contributed by atoms with E-state index in [1.54, 1.807) is 0 Å². The summed E-state index contributed by atoms with van der Waals surface area (Å²) in [7, 11) is 4.22. The molecular weight excluding hydrogens is 440 g/mol. The van der Waals surface area contributed by atoms with Crippen LogP contribution < -0.4 is 0 Å². The van der Waals surface area contributed by atoms with Crippen LogP contribution in [-0.2, 0) is 14.1 Å². The van der Waals surface area contributed by atoms with Gasteiger partial charge in [0.25, 0.3) is 0 Å². The predicted octanol–water partition coefficient (Wildman–Crippen LogP) is 7.76. The van der Waals surface area contributed by atoms with E-state index in [2.05, 4.69) is 119 Å². The average molecular weight is 465 g/mol. The summed E-state index contributed by atoms with van der Waals surface area (Å²) in [5.41, 5.74) is 8.14. The standard InChI is InChI=1S/2C16H12N2/c1-18-15-9-5-3-6-11(15)13-10-17-14-8-4-2-7-12(14)16(13)18;1-18-14-9-5-3-7-12(14)16-15(18)10-11-6-2-4-8-13(11)17-16/h2*2-10H,1H3. The summed E-state index contributed by atoms with van der Waals surface area (Å²) >= 11 is 0. The zero-order valence-corrected chi connectivity index (χ0v) is 20.2. The first-order valence-electron chi connectivity index (χ1n) is 12.1. The molecule has 8 rings (SSSR count). The average Bonchev–Trinajstić information content (AvgIpc) is 3.39. The van der Waals surface area contributed by atoms with Gasteiger partial charge in [-0.3, -0.25) is 4.98 Å². The fourth-order valence-electron chi connectivity index (χ4n) is 5.45. The number of benzene rings is 4. The van der Waals surface area contributed by atoms with Crippen molar-refractivity contribution >= 4 is 65.5 Å². The third-order valence-corrected chi connectivity index (χ3v) is 7.22. The maximum absolute atomic E-state index is 4.81. The Hall–Kier alpha value is -4.70. The second kappa shape index (κ2) is 7.92. The lowest BCUT2D eigenvalue weighted by atomic mass is 10.1. The summed E-state index contributed by atoms with van der Waals surface area (Å²) in [4.78, 5) is 9.37. The fourth-order valence-corrected chi connectivity index (χ4v) is 5.45. The van der Waals surface area contributed by atoms with Gasteiger partial charge in [-0.2, -0.15) is 0 Å². The molecule has 0 N–H and O–H groups in total. The van der Waals surface area contributed by atoms with Crippen molar-refractivity contribution in [1.29, 1.82) is 0 Å². The van der Waals surface area contributed by atoms with E-state index in [0.717, 1.165) is 16.6 Å². The molecule has 0 bridgehead atoms. The first-order chi connectivity index (χ1) is 17.7. The van der Waals surface area contributed by atoms with Gasteiger partial charge in [-0.1, -0.05) is 72.8 Å². The number of nitrogens with zero attached hydrogens (tertiary/aromatic N) is 4. The van der Waals surface area contributed by atoms with Gasteiger partial charge in [-0.25, -0.2) is 4.98 Å². The molecule has 8 aromatic rings. The van der Waals surface area contributed by atoms with E-state index in [1.165, 1.54) is 49.0 Å². The number of aryl methyl sites for hydroxylation is 2. The highest BCUT2D eigenvalue weighted by atomic mass is 15.0. The molecule has 4 heteroatoms. The molecule has 0 spiro atoms. The molecule has 0 amide bonds. The number of hydrogen-bond donors (Lipinski definition) is 0. The minimum atomic E-state index is 1.05. The van der Waals surface area contributed by atoms with Crippen LogP contribution >= 0.6 is 0 Å². The van der Waals surface area contributed by atoms with E-state index in [0.29, 0.717) is 0 Å². The molecule has 0 saturated heterocycles. The van der Waals surface area contributed by atoms with Gasteiger partial charge in [0.1, 0.15) is 0 Å². The van der Waals surface area contributed by atoms with Crippen molar-refractivity contribution < 1.29 is 0 Å². The Balaban J connectivity index is 0.000000122. The van der Waals surface area contributed by atoms with Crippen LogP contribution in [0.3, 0.4) is 0 Å². The largest absolute Gasteiger partial charge is 0.343 e. The number of fused-ring (bicyclic) bond motifs is 9. The molecule has 4 aromatic carbocycles. The Morgan fingerprint density at radius 3 is 1.94 bits per heavy atom. The summed E-state index contributed by atoms with van der Waals surface area (Å²) in [6.45, 7) is 0. The van der Waals surface area contributed by atoms with Crippen LogP contribution in [0.5, 0.6) is 0 Å². The molecule has 0 saturated carbocycles. The Labute approximate surface area is 208 Å². The van der Waals surface area contributed by atoms with Crippen LogP contribution in [0, 0.1) is 0 Å². The number of pyridine rings is 2. The third-order valence-electron chi connectivity index (χ3n) is 7.22. The van der Waals surface area contributed by atoms with Crippen LogP contribution in [0.4, 0.5) is 0 Å². The maximum atomic E-state index is 4.81. The minimum Gasteiger partial charge on any atom is -0.343 e. The third kappa shape index (κ3) is 3.01. The van der Waals surface area contributed by atoms with Crippen LogP contribution in [0.15, 0.2) is 109 Å². The lowest BCUT2D eigenvalue weighted by Gasteiger charge is -2.02. The molecule has 0 fully saturated rings. The van der Waals surface area contributed by atoms with Gasteiger partial charge in [0.15, 0.2) is 0 Å². The highest BCUT2D eigenvalue weighted by molar-refractivity contribution is 6.16. The fraction of sp³-hybridized carbons (Fsp3) is 0.0625. The molecule has 0 radical (unpaired) electrons. The van der Waals surface area contributed by atoms with Crippen molar-refractivity contribution in [2.75, 3.05) is 0 Å². The van der Waals surface area contributed by atoms with E-state index in [9.17, 15) is 0 Å². The van der Waals surface area contributed by atoms with Crippen molar-refractivity contribution in [3.63, 3.8) is 0 Å². The highest BCUT2D eigenvalue weighted by Gasteiger charge is 2.11. The molecule has 4 nitrogen and oxygen atoms in total.